The van der Waals surface area contributed by atoms with Gasteiger partial charge in [-0.15, -0.1) is 11.3 Å². The maximum atomic E-state index is 12.3. The van der Waals surface area contributed by atoms with Gasteiger partial charge in [0.2, 0.25) is 0 Å². The van der Waals surface area contributed by atoms with Crippen LogP contribution in [0.3, 0.4) is 0 Å². The smallest absolute Gasteiger partial charge is 0.256 e. The van der Waals surface area contributed by atoms with Crippen molar-refractivity contribution in [3.8, 4) is 0 Å². The molecule has 7 heteroatoms. The maximum Gasteiger partial charge on any atom is 0.256 e. The van der Waals surface area contributed by atoms with Crippen LogP contribution in [0.4, 0.5) is 0 Å². The molecule has 0 aliphatic rings. The summed E-state index contributed by atoms with van der Waals surface area (Å²) in [5.74, 6) is -0.153. The quantitative estimate of drug-likeness (QED) is 0.800. The van der Waals surface area contributed by atoms with Gasteiger partial charge in [0.15, 0.2) is 5.65 Å². The van der Waals surface area contributed by atoms with E-state index in [0.717, 1.165) is 28.5 Å². The lowest BCUT2D eigenvalue weighted by molar-refractivity contribution is 0.0955. The van der Waals surface area contributed by atoms with E-state index in [4.69, 9.17) is 0 Å². The van der Waals surface area contributed by atoms with Gasteiger partial charge in [0.25, 0.3) is 5.91 Å². The highest BCUT2D eigenvalue weighted by Crippen LogP contribution is 2.12. The molecule has 0 bridgehead atoms. The molecule has 0 fully saturated rings. The van der Waals surface area contributed by atoms with Crippen LogP contribution in [0.25, 0.3) is 5.65 Å². The second-order valence-electron chi connectivity index (χ2n) is 5.20. The average molecular weight is 315 g/mol. The molecule has 0 atom stereocenters. The van der Waals surface area contributed by atoms with Crippen LogP contribution in [0.5, 0.6) is 0 Å². The van der Waals surface area contributed by atoms with Gasteiger partial charge >= 0.3 is 0 Å². The topological polar surface area (TPSA) is 72.2 Å². The molecule has 0 aromatic carbocycles. The minimum atomic E-state index is -0.153. The highest BCUT2D eigenvalue weighted by molar-refractivity contribution is 7.09. The van der Waals surface area contributed by atoms with Gasteiger partial charge in [-0.3, -0.25) is 4.79 Å². The first-order valence-corrected chi connectivity index (χ1v) is 7.94. The lowest BCUT2D eigenvalue weighted by Gasteiger charge is -2.04. The van der Waals surface area contributed by atoms with Crippen molar-refractivity contribution in [3.05, 3.63) is 45.3 Å². The molecular formula is C15H17N5OS. The van der Waals surface area contributed by atoms with Crippen LogP contribution in [-0.2, 0) is 6.42 Å². The van der Waals surface area contributed by atoms with Crippen LogP contribution in [0.2, 0.25) is 0 Å². The Morgan fingerprint density at radius 2 is 2.14 bits per heavy atom. The Hall–Kier alpha value is -2.28. The van der Waals surface area contributed by atoms with Crippen molar-refractivity contribution in [3.63, 3.8) is 0 Å². The zero-order valence-electron chi connectivity index (χ0n) is 12.8. The molecule has 0 aliphatic carbocycles. The molecule has 0 spiro atoms. The molecule has 6 nitrogen and oxygen atoms in total. The van der Waals surface area contributed by atoms with Crippen molar-refractivity contribution in [1.29, 1.82) is 0 Å². The van der Waals surface area contributed by atoms with Crippen LogP contribution in [0.1, 0.15) is 32.4 Å². The molecule has 114 valence electrons. The molecule has 3 aromatic rings. The van der Waals surface area contributed by atoms with E-state index < -0.39 is 0 Å². The van der Waals surface area contributed by atoms with E-state index in [9.17, 15) is 4.79 Å². The second kappa shape index (κ2) is 5.84. The van der Waals surface area contributed by atoms with Gasteiger partial charge in [-0.2, -0.15) is 5.10 Å². The largest absolute Gasteiger partial charge is 0.351 e. The summed E-state index contributed by atoms with van der Waals surface area (Å²) in [6.07, 6.45) is 2.29. The molecule has 3 rings (SSSR count). The van der Waals surface area contributed by atoms with Gasteiger partial charge < -0.3 is 5.32 Å². The third kappa shape index (κ3) is 2.85. The predicted octanol–water partition coefficient (Wildman–Crippen LogP) is 2.08. The molecule has 3 heterocycles. The molecule has 3 aromatic heterocycles. The summed E-state index contributed by atoms with van der Waals surface area (Å²) in [7, 11) is 0. The predicted molar refractivity (Wildman–Crippen MR) is 85.3 cm³/mol. The fraction of sp³-hybridized carbons (Fsp3) is 0.333. The van der Waals surface area contributed by atoms with Gasteiger partial charge in [-0.25, -0.2) is 14.5 Å². The Bertz CT molecular complexity index is 836. The van der Waals surface area contributed by atoms with Gasteiger partial charge in [-0.05, 0) is 26.8 Å². The first-order valence-electron chi connectivity index (χ1n) is 7.06. The van der Waals surface area contributed by atoms with E-state index >= 15 is 0 Å². The van der Waals surface area contributed by atoms with E-state index in [-0.39, 0.29) is 5.91 Å². The number of hydrogen-bond donors (Lipinski definition) is 1. The van der Waals surface area contributed by atoms with Crippen molar-refractivity contribution >= 4 is 22.9 Å². The van der Waals surface area contributed by atoms with Crippen LogP contribution >= 0.6 is 11.3 Å². The number of carbonyl (C=O) groups is 1. The Kier molecular flexibility index (Phi) is 3.89. The number of fused-ring (bicyclic) bond motifs is 1. The summed E-state index contributed by atoms with van der Waals surface area (Å²) in [4.78, 5) is 21.1. The maximum absolute atomic E-state index is 12.3. The van der Waals surface area contributed by atoms with E-state index in [1.807, 2.05) is 32.2 Å². The first kappa shape index (κ1) is 14.6. The van der Waals surface area contributed by atoms with Crippen LogP contribution < -0.4 is 5.32 Å². The monoisotopic (exact) mass is 315 g/mol. The summed E-state index contributed by atoms with van der Waals surface area (Å²) in [6, 6.07) is 1.94. The molecule has 0 unspecified atom stereocenters. The van der Waals surface area contributed by atoms with E-state index in [0.29, 0.717) is 17.8 Å². The second-order valence-corrected chi connectivity index (χ2v) is 6.26. The van der Waals surface area contributed by atoms with Crippen LogP contribution in [0, 0.1) is 20.8 Å². The molecule has 1 amide bonds. The molecule has 1 N–H and O–H groups in total. The zero-order valence-corrected chi connectivity index (χ0v) is 13.6. The summed E-state index contributed by atoms with van der Waals surface area (Å²) in [5.41, 5.74) is 3.94. The number of aryl methyl sites for hydroxylation is 3. The molecule has 22 heavy (non-hydrogen) atoms. The summed E-state index contributed by atoms with van der Waals surface area (Å²) in [5, 5.41) is 10.2. The molecule has 0 aliphatic heterocycles. The molecule has 0 saturated heterocycles. The number of nitrogens with one attached hydrogen (secondary N) is 1. The summed E-state index contributed by atoms with van der Waals surface area (Å²) < 4.78 is 1.69. The zero-order chi connectivity index (χ0) is 15.7. The third-order valence-corrected chi connectivity index (χ3v) is 4.18. The van der Waals surface area contributed by atoms with E-state index in [1.54, 1.807) is 22.0 Å². The lowest BCUT2D eigenvalue weighted by Crippen LogP contribution is -2.25. The lowest BCUT2D eigenvalue weighted by atomic mass is 10.2. The van der Waals surface area contributed by atoms with Gasteiger partial charge in [0.05, 0.1) is 16.9 Å². The van der Waals surface area contributed by atoms with Crippen LogP contribution in [-0.4, -0.2) is 32.0 Å². The van der Waals surface area contributed by atoms with Crippen molar-refractivity contribution in [2.24, 2.45) is 0 Å². The fourth-order valence-corrected chi connectivity index (χ4v) is 3.00. The highest BCUT2D eigenvalue weighted by atomic mass is 32.1. The average Bonchev–Trinajstić information content (AvgIpc) is 3.05. The molecule has 0 radical (unpaired) electrons. The number of amides is 1. The van der Waals surface area contributed by atoms with Crippen molar-refractivity contribution in [2.75, 3.05) is 6.54 Å². The number of nitrogens with zero attached hydrogens (tertiary/aromatic N) is 4. The van der Waals surface area contributed by atoms with Crippen molar-refractivity contribution in [2.45, 2.75) is 27.2 Å². The first-order chi connectivity index (χ1) is 10.5. The van der Waals surface area contributed by atoms with Gasteiger partial charge in [-0.1, -0.05) is 0 Å². The Labute approximate surface area is 132 Å². The Balaban J connectivity index is 1.72. The highest BCUT2D eigenvalue weighted by Gasteiger charge is 2.15. The number of aromatic nitrogens is 4. The van der Waals surface area contributed by atoms with E-state index in [1.165, 1.54) is 0 Å². The number of thiazole rings is 1. The van der Waals surface area contributed by atoms with Crippen molar-refractivity contribution in [1.82, 2.24) is 24.9 Å². The Morgan fingerprint density at radius 3 is 2.86 bits per heavy atom. The summed E-state index contributed by atoms with van der Waals surface area (Å²) in [6.45, 7) is 6.37. The standard InChI is InChI=1S/C15H17N5OS/c1-9-6-10(2)20-14(18-9)13(7-17-20)15(21)16-5-4-12-8-22-11(3)19-12/h6-8H,4-5H2,1-3H3,(H,16,21). The molecule has 0 saturated carbocycles. The molecular weight excluding hydrogens is 298 g/mol. The SMILES string of the molecule is Cc1cc(C)n2ncc(C(=O)NCCc3csc(C)n3)c2n1. The fourth-order valence-electron chi connectivity index (χ4n) is 2.35. The summed E-state index contributed by atoms with van der Waals surface area (Å²) >= 11 is 1.62. The van der Waals surface area contributed by atoms with Crippen molar-refractivity contribution < 1.29 is 4.79 Å². The minimum Gasteiger partial charge on any atom is -0.351 e. The third-order valence-electron chi connectivity index (χ3n) is 3.36. The van der Waals surface area contributed by atoms with Gasteiger partial charge in [0.1, 0.15) is 5.56 Å². The number of hydrogen-bond acceptors (Lipinski definition) is 5. The van der Waals surface area contributed by atoms with E-state index in [2.05, 4.69) is 20.4 Å². The minimum absolute atomic E-state index is 0.153. The van der Waals surface area contributed by atoms with Crippen LogP contribution in [0.15, 0.2) is 17.6 Å². The number of carbonyl (C=O) groups excluding carboxylic acids is 1. The number of rotatable bonds is 4. The normalized spacial score (nSPS) is 11.0. The van der Waals surface area contributed by atoms with Gasteiger partial charge in [0, 0.05) is 29.7 Å². The Morgan fingerprint density at radius 1 is 1.32 bits per heavy atom.